The molecule has 86 valence electrons. The van der Waals surface area contributed by atoms with E-state index < -0.39 is 0 Å². The average Bonchev–Trinajstić information content (AvgIpc) is 2.30. The third-order valence-electron chi connectivity index (χ3n) is 3.17. The van der Waals surface area contributed by atoms with E-state index in [-0.39, 0.29) is 5.91 Å². The largest absolute Gasteiger partial charge is 0.342 e. The van der Waals surface area contributed by atoms with Crippen molar-refractivity contribution in [3.63, 3.8) is 0 Å². The van der Waals surface area contributed by atoms with E-state index >= 15 is 0 Å². The predicted molar refractivity (Wildman–Crippen MR) is 61.0 cm³/mol. The summed E-state index contributed by atoms with van der Waals surface area (Å²) in [5, 5.41) is 0. The highest BCUT2D eigenvalue weighted by molar-refractivity contribution is 5.73. The summed E-state index contributed by atoms with van der Waals surface area (Å²) in [4.78, 5) is 21.9. The van der Waals surface area contributed by atoms with Gasteiger partial charge in [0.1, 0.15) is 0 Å². The zero-order valence-corrected chi connectivity index (χ0v) is 9.81. The fraction of sp³-hybridized carbons (Fsp3) is 0.583. The van der Waals surface area contributed by atoms with E-state index in [4.69, 9.17) is 0 Å². The van der Waals surface area contributed by atoms with Crippen molar-refractivity contribution in [1.82, 2.24) is 14.9 Å². The van der Waals surface area contributed by atoms with Gasteiger partial charge in [-0.2, -0.15) is 0 Å². The monoisotopic (exact) mass is 219 g/mol. The number of likely N-dealkylation sites (tertiary alicyclic amines) is 1. The van der Waals surface area contributed by atoms with Crippen LogP contribution in [0, 0.1) is 6.92 Å². The lowest BCUT2D eigenvalue weighted by molar-refractivity contribution is -0.130. The topological polar surface area (TPSA) is 46.1 Å². The number of aromatic nitrogens is 2. The summed E-state index contributed by atoms with van der Waals surface area (Å²) in [7, 11) is 0. The number of hydrogen-bond donors (Lipinski definition) is 0. The summed E-state index contributed by atoms with van der Waals surface area (Å²) in [6, 6.07) is 0. The van der Waals surface area contributed by atoms with Crippen molar-refractivity contribution < 1.29 is 4.79 Å². The van der Waals surface area contributed by atoms with Gasteiger partial charge in [-0.15, -0.1) is 0 Å². The third kappa shape index (κ3) is 2.21. The first-order valence-electron chi connectivity index (χ1n) is 5.71. The van der Waals surface area contributed by atoms with Gasteiger partial charge in [0.05, 0.1) is 11.4 Å². The van der Waals surface area contributed by atoms with E-state index in [9.17, 15) is 4.79 Å². The van der Waals surface area contributed by atoms with Crippen LogP contribution in [0.1, 0.15) is 37.1 Å². The molecule has 2 heterocycles. The van der Waals surface area contributed by atoms with E-state index in [2.05, 4.69) is 9.97 Å². The third-order valence-corrected chi connectivity index (χ3v) is 3.17. The molecule has 0 radical (unpaired) electrons. The molecule has 0 spiro atoms. The molecule has 1 amide bonds. The lowest BCUT2D eigenvalue weighted by Gasteiger charge is -2.32. The molecular weight excluding hydrogens is 202 g/mol. The predicted octanol–water partition coefficient (Wildman–Crippen LogP) is 1.51. The molecule has 4 nitrogen and oxygen atoms in total. The number of amides is 1. The molecule has 16 heavy (non-hydrogen) atoms. The van der Waals surface area contributed by atoms with Gasteiger partial charge in [0.25, 0.3) is 0 Å². The highest BCUT2D eigenvalue weighted by Gasteiger charge is 2.24. The van der Waals surface area contributed by atoms with Crippen LogP contribution in [0.25, 0.3) is 0 Å². The van der Waals surface area contributed by atoms with Gasteiger partial charge >= 0.3 is 0 Å². The van der Waals surface area contributed by atoms with E-state index in [1.165, 1.54) is 0 Å². The van der Waals surface area contributed by atoms with Gasteiger partial charge in [0.15, 0.2) is 0 Å². The number of carbonyl (C=O) groups excluding carboxylic acids is 1. The van der Waals surface area contributed by atoms with Gasteiger partial charge in [-0.25, -0.2) is 0 Å². The van der Waals surface area contributed by atoms with Crippen LogP contribution >= 0.6 is 0 Å². The first kappa shape index (κ1) is 11.0. The molecule has 1 aliphatic rings. The van der Waals surface area contributed by atoms with Gasteiger partial charge in [-0.1, -0.05) is 0 Å². The van der Waals surface area contributed by atoms with Crippen LogP contribution in [0.3, 0.4) is 0 Å². The van der Waals surface area contributed by atoms with E-state index in [0.29, 0.717) is 5.92 Å². The SMILES string of the molecule is CC(=O)N1CCCC(c2nccnc2C)C1. The Morgan fingerprint density at radius 1 is 1.44 bits per heavy atom. The van der Waals surface area contributed by atoms with Crippen molar-refractivity contribution in [2.75, 3.05) is 13.1 Å². The summed E-state index contributed by atoms with van der Waals surface area (Å²) in [5.41, 5.74) is 2.03. The summed E-state index contributed by atoms with van der Waals surface area (Å²) in [6.45, 7) is 5.28. The first-order valence-corrected chi connectivity index (χ1v) is 5.71. The highest BCUT2D eigenvalue weighted by Crippen LogP contribution is 2.26. The molecule has 1 atom stereocenters. The standard InChI is InChI=1S/C12H17N3O/c1-9-12(14-6-5-13-9)11-4-3-7-15(8-11)10(2)16/h5-6,11H,3-4,7-8H2,1-2H3. The Balaban J connectivity index is 2.16. The van der Waals surface area contributed by atoms with E-state index in [1.807, 2.05) is 11.8 Å². The zero-order valence-electron chi connectivity index (χ0n) is 9.81. The summed E-state index contributed by atoms with van der Waals surface area (Å²) < 4.78 is 0. The quantitative estimate of drug-likeness (QED) is 0.719. The van der Waals surface area contributed by atoms with Gasteiger partial charge in [0, 0.05) is 38.3 Å². The minimum absolute atomic E-state index is 0.159. The molecule has 0 aromatic carbocycles. The second kappa shape index (κ2) is 4.60. The molecule has 4 heteroatoms. The van der Waals surface area contributed by atoms with Crippen molar-refractivity contribution >= 4 is 5.91 Å². The second-order valence-electron chi connectivity index (χ2n) is 4.33. The second-order valence-corrected chi connectivity index (χ2v) is 4.33. The Kier molecular flexibility index (Phi) is 3.17. The maximum Gasteiger partial charge on any atom is 0.219 e. The minimum Gasteiger partial charge on any atom is -0.342 e. The maximum absolute atomic E-state index is 11.4. The minimum atomic E-state index is 0.159. The molecule has 0 bridgehead atoms. The van der Waals surface area contributed by atoms with Gasteiger partial charge in [0.2, 0.25) is 5.91 Å². The Hall–Kier alpha value is -1.45. The first-order chi connectivity index (χ1) is 7.68. The highest BCUT2D eigenvalue weighted by atomic mass is 16.2. The number of hydrogen-bond acceptors (Lipinski definition) is 3. The van der Waals surface area contributed by atoms with Gasteiger partial charge in [-0.05, 0) is 19.8 Å². The maximum atomic E-state index is 11.4. The summed E-state index contributed by atoms with van der Waals surface area (Å²) in [6.07, 6.45) is 5.60. The fourth-order valence-corrected chi connectivity index (χ4v) is 2.31. The van der Waals surface area contributed by atoms with Gasteiger partial charge in [-0.3, -0.25) is 14.8 Å². The van der Waals surface area contributed by atoms with Crippen LogP contribution in [0.4, 0.5) is 0 Å². The number of rotatable bonds is 1. The number of carbonyl (C=O) groups is 1. The van der Waals surface area contributed by atoms with Crippen LogP contribution in [-0.4, -0.2) is 33.9 Å². The lowest BCUT2D eigenvalue weighted by Crippen LogP contribution is -2.38. The van der Waals surface area contributed by atoms with Crippen LogP contribution in [0.5, 0.6) is 0 Å². The van der Waals surface area contributed by atoms with Crippen LogP contribution in [0.2, 0.25) is 0 Å². The molecule has 1 fully saturated rings. The van der Waals surface area contributed by atoms with E-state index in [1.54, 1.807) is 19.3 Å². The van der Waals surface area contributed by atoms with Crippen molar-refractivity contribution in [1.29, 1.82) is 0 Å². The smallest absolute Gasteiger partial charge is 0.219 e. The van der Waals surface area contributed by atoms with Crippen molar-refractivity contribution in [3.8, 4) is 0 Å². The summed E-state index contributed by atoms with van der Waals surface area (Å²) in [5.74, 6) is 0.512. The molecule has 2 rings (SSSR count). The van der Waals surface area contributed by atoms with Crippen LogP contribution in [-0.2, 0) is 4.79 Å². The molecule has 1 aromatic heterocycles. The molecule has 1 aliphatic heterocycles. The zero-order chi connectivity index (χ0) is 11.5. The Labute approximate surface area is 95.7 Å². The molecule has 0 aliphatic carbocycles. The molecular formula is C12H17N3O. The molecule has 0 saturated carbocycles. The number of piperidine rings is 1. The van der Waals surface area contributed by atoms with Crippen molar-refractivity contribution in [3.05, 3.63) is 23.8 Å². The van der Waals surface area contributed by atoms with Gasteiger partial charge < -0.3 is 4.90 Å². The molecule has 0 N–H and O–H groups in total. The summed E-state index contributed by atoms with van der Waals surface area (Å²) >= 11 is 0. The van der Waals surface area contributed by atoms with Crippen molar-refractivity contribution in [2.24, 2.45) is 0 Å². The number of nitrogens with zero attached hydrogens (tertiary/aromatic N) is 3. The number of aryl methyl sites for hydroxylation is 1. The Morgan fingerprint density at radius 3 is 2.88 bits per heavy atom. The van der Waals surface area contributed by atoms with Crippen LogP contribution in [0.15, 0.2) is 12.4 Å². The normalized spacial score (nSPS) is 20.9. The van der Waals surface area contributed by atoms with Crippen LogP contribution < -0.4 is 0 Å². The lowest BCUT2D eigenvalue weighted by atomic mass is 9.93. The Bertz CT molecular complexity index is 392. The molecule has 1 saturated heterocycles. The molecule has 1 aromatic rings. The average molecular weight is 219 g/mol. The Morgan fingerprint density at radius 2 is 2.19 bits per heavy atom. The molecule has 1 unspecified atom stereocenters. The fourth-order valence-electron chi connectivity index (χ4n) is 2.31. The van der Waals surface area contributed by atoms with E-state index in [0.717, 1.165) is 37.3 Å². The van der Waals surface area contributed by atoms with Crippen molar-refractivity contribution in [2.45, 2.75) is 32.6 Å².